The number of nitrogens with one attached hydrogen (secondary N) is 1. The summed E-state index contributed by atoms with van der Waals surface area (Å²) < 4.78 is 34.1. The van der Waals surface area contributed by atoms with E-state index in [9.17, 15) is 23.2 Å². The molecule has 0 aliphatic carbocycles. The van der Waals surface area contributed by atoms with E-state index in [1.807, 2.05) is 0 Å². The molecular formula is C22H22F2N4O4. The van der Waals surface area contributed by atoms with E-state index in [-0.39, 0.29) is 55.6 Å². The van der Waals surface area contributed by atoms with Crippen LogP contribution < -0.4 is 5.32 Å². The standard InChI is InChI=1S/C22H22F2N4O4/c23-14-3-1-4-15(24)21(14)17-6-2-5-16(26-17)18-13-27(11-12-32-18)19(29)8-10-28-20(30)7-9-25-22(28)31/h1-6,18H,7-13H2,(H,25,31). The molecule has 1 aromatic carbocycles. The Bertz CT molecular complexity index is 1010. The fraction of sp³-hybridized carbons (Fsp3) is 0.364. The van der Waals surface area contributed by atoms with Crippen molar-refractivity contribution in [2.75, 3.05) is 32.8 Å². The lowest BCUT2D eigenvalue weighted by atomic mass is 10.1. The van der Waals surface area contributed by atoms with E-state index >= 15 is 0 Å². The molecule has 0 spiro atoms. The predicted molar refractivity (Wildman–Crippen MR) is 109 cm³/mol. The first-order chi connectivity index (χ1) is 15.4. The Balaban J connectivity index is 1.43. The van der Waals surface area contributed by atoms with Gasteiger partial charge in [-0.3, -0.25) is 14.5 Å². The van der Waals surface area contributed by atoms with E-state index in [0.29, 0.717) is 18.8 Å². The summed E-state index contributed by atoms with van der Waals surface area (Å²) in [6.07, 6.45) is -0.355. The fourth-order valence-electron chi connectivity index (χ4n) is 3.78. The summed E-state index contributed by atoms with van der Waals surface area (Å²) in [6.45, 7) is 1.13. The summed E-state index contributed by atoms with van der Waals surface area (Å²) in [6, 6.07) is 7.95. The Kier molecular flexibility index (Phi) is 6.40. The quantitative estimate of drug-likeness (QED) is 0.764. The van der Waals surface area contributed by atoms with Gasteiger partial charge in [0, 0.05) is 32.5 Å². The van der Waals surface area contributed by atoms with Gasteiger partial charge in [0.1, 0.15) is 17.7 Å². The minimum Gasteiger partial charge on any atom is -0.368 e. The molecular weight excluding hydrogens is 422 g/mol. The minimum absolute atomic E-state index is 0.000212. The van der Waals surface area contributed by atoms with Gasteiger partial charge in [0.25, 0.3) is 0 Å². The topological polar surface area (TPSA) is 91.8 Å². The van der Waals surface area contributed by atoms with Gasteiger partial charge in [0.2, 0.25) is 11.8 Å². The molecule has 1 aromatic heterocycles. The molecule has 2 saturated heterocycles. The van der Waals surface area contributed by atoms with Crippen LogP contribution in [0.25, 0.3) is 11.3 Å². The maximum Gasteiger partial charge on any atom is 0.324 e. The number of pyridine rings is 1. The van der Waals surface area contributed by atoms with Crippen molar-refractivity contribution >= 4 is 17.8 Å². The van der Waals surface area contributed by atoms with Crippen LogP contribution in [0.5, 0.6) is 0 Å². The van der Waals surface area contributed by atoms with E-state index in [1.165, 1.54) is 12.1 Å². The number of hydrogen-bond acceptors (Lipinski definition) is 5. The first-order valence-electron chi connectivity index (χ1n) is 10.3. The van der Waals surface area contributed by atoms with Gasteiger partial charge in [-0.1, -0.05) is 12.1 Å². The molecule has 0 bridgehead atoms. The zero-order chi connectivity index (χ0) is 22.7. The van der Waals surface area contributed by atoms with Crippen molar-refractivity contribution in [2.24, 2.45) is 0 Å². The second kappa shape index (κ2) is 9.39. The van der Waals surface area contributed by atoms with Crippen molar-refractivity contribution < 1.29 is 27.9 Å². The predicted octanol–water partition coefficient (Wildman–Crippen LogP) is 2.26. The zero-order valence-electron chi connectivity index (χ0n) is 17.2. The van der Waals surface area contributed by atoms with Crippen LogP contribution in [0.1, 0.15) is 24.6 Å². The molecule has 1 unspecified atom stereocenters. The van der Waals surface area contributed by atoms with Crippen LogP contribution in [0.15, 0.2) is 36.4 Å². The highest BCUT2D eigenvalue weighted by atomic mass is 19.1. The van der Waals surface area contributed by atoms with Crippen molar-refractivity contribution in [1.29, 1.82) is 0 Å². The molecule has 32 heavy (non-hydrogen) atoms. The number of urea groups is 1. The summed E-state index contributed by atoms with van der Waals surface area (Å²) in [5.41, 5.74) is 0.371. The fourth-order valence-corrected chi connectivity index (χ4v) is 3.78. The maximum atomic E-state index is 14.2. The number of morpholine rings is 1. The Hall–Kier alpha value is -3.40. The maximum absolute atomic E-state index is 14.2. The van der Waals surface area contributed by atoms with Gasteiger partial charge in [-0.15, -0.1) is 0 Å². The third-order valence-corrected chi connectivity index (χ3v) is 5.45. The Morgan fingerprint density at radius 1 is 1.16 bits per heavy atom. The van der Waals surface area contributed by atoms with Crippen molar-refractivity contribution in [3.05, 3.63) is 53.7 Å². The number of amides is 4. The third-order valence-electron chi connectivity index (χ3n) is 5.45. The summed E-state index contributed by atoms with van der Waals surface area (Å²) in [4.78, 5) is 43.4. The molecule has 8 nitrogen and oxygen atoms in total. The van der Waals surface area contributed by atoms with Crippen molar-refractivity contribution in [3.63, 3.8) is 0 Å². The summed E-state index contributed by atoms with van der Waals surface area (Å²) >= 11 is 0. The van der Waals surface area contributed by atoms with Crippen LogP contribution in [-0.2, 0) is 14.3 Å². The van der Waals surface area contributed by atoms with Crippen molar-refractivity contribution in [2.45, 2.75) is 18.9 Å². The Morgan fingerprint density at radius 2 is 1.91 bits per heavy atom. The van der Waals surface area contributed by atoms with Gasteiger partial charge in [-0.25, -0.2) is 18.6 Å². The number of hydrogen-bond donors (Lipinski definition) is 1. The lowest BCUT2D eigenvalue weighted by molar-refractivity contribution is -0.140. The lowest BCUT2D eigenvalue weighted by Crippen LogP contribution is -2.51. The van der Waals surface area contributed by atoms with Crippen LogP contribution in [0.3, 0.4) is 0 Å². The third kappa shape index (κ3) is 4.59. The number of aromatic nitrogens is 1. The van der Waals surface area contributed by atoms with Gasteiger partial charge in [0.05, 0.1) is 30.1 Å². The molecule has 2 aliphatic heterocycles. The second-order valence-electron chi connectivity index (χ2n) is 7.52. The van der Waals surface area contributed by atoms with Gasteiger partial charge in [-0.05, 0) is 24.3 Å². The van der Waals surface area contributed by atoms with Crippen molar-refractivity contribution in [1.82, 2.24) is 20.1 Å². The smallest absolute Gasteiger partial charge is 0.324 e. The zero-order valence-corrected chi connectivity index (χ0v) is 17.2. The molecule has 1 N–H and O–H groups in total. The van der Waals surface area contributed by atoms with Crippen LogP contribution >= 0.6 is 0 Å². The number of carbonyl (C=O) groups is 3. The van der Waals surface area contributed by atoms with Gasteiger partial charge < -0.3 is 15.0 Å². The average Bonchev–Trinajstić information content (AvgIpc) is 2.79. The Labute approximate surface area is 183 Å². The van der Waals surface area contributed by atoms with Gasteiger partial charge in [0.15, 0.2) is 0 Å². The number of rotatable bonds is 5. The molecule has 168 valence electrons. The van der Waals surface area contributed by atoms with Crippen LogP contribution in [0, 0.1) is 11.6 Å². The average molecular weight is 444 g/mol. The van der Waals surface area contributed by atoms with Crippen LogP contribution in [0.2, 0.25) is 0 Å². The van der Waals surface area contributed by atoms with E-state index in [4.69, 9.17) is 4.74 Å². The normalized spacial score (nSPS) is 19.1. The summed E-state index contributed by atoms with van der Waals surface area (Å²) in [7, 11) is 0. The molecule has 2 aliphatic rings. The van der Waals surface area contributed by atoms with Gasteiger partial charge in [-0.2, -0.15) is 0 Å². The number of nitrogens with zero attached hydrogens (tertiary/aromatic N) is 3. The molecule has 4 rings (SSSR count). The monoisotopic (exact) mass is 444 g/mol. The highest BCUT2D eigenvalue weighted by molar-refractivity contribution is 5.97. The Morgan fingerprint density at radius 3 is 2.66 bits per heavy atom. The number of halogens is 2. The molecule has 4 amide bonds. The molecule has 3 heterocycles. The van der Waals surface area contributed by atoms with E-state index in [2.05, 4.69) is 10.3 Å². The van der Waals surface area contributed by atoms with Crippen LogP contribution in [-0.4, -0.2) is 65.4 Å². The highest BCUT2D eigenvalue weighted by Crippen LogP contribution is 2.27. The highest BCUT2D eigenvalue weighted by Gasteiger charge is 2.29. The summed E-state index contributed by atoms with van der Waals surface area (Å²) in [5.74, 6) is -1.96. The number of benzene rings is 1. The van der Waals surface area contributed by atoms with E-state index < -0.39 is 23.8 Å². The SMILES string of the molecule is O=C(CCN1C(=O)CCNC1=O)N1CCOC(c2cccc(-c3c(F)cccc3F)n2)C1. The molecule has 1 atom stereocenters. The van der Waals surface area contributed by atoms with E-state index in [1.54, 1.807) is 17.0 Å². The molecule has 2 fully saturated rings. The number of imide groups is 1. The largest absolute Gasteiger partial charge is 0.368 e. The summed E-state index contributed by atoms with van der Waals surface area (Å²) in [5, 5.41) is 2.58. The molecule has 2 aromatic rings. The molecule has 0 saturated carbocycles. The first kappa shape index (κ1) is 21.8. The van der Waals surface area contributed by atoms with Crippen molar-refractivity contribution in [3.8, 4) is 11.3 Å². The molecule has 10 heteroatoms. The second-order valence-corrected chi connectivity index (χ2v) is 7.52. The molecule has 0 radical (unpaired) electrons. The lowest BCUT2D eigenvalue weighted by Gasteiger charge is -2.33. The first-order valence-corrected chi connectivity index (χ1v) is 10.3. The number of ether oxygens (including phenoxy) is 1. The van der Waals surface area contributed by atoms with E-state index in [0.717, 1.165) is 17.0 Å². The number of carbonyl (C=O) groups excluding carboxylic acids is 3. The van der Waals surface area contributed by atoms with Crippen LogP contribution in [0.4, 0.5) is 13.6 Å². The van der Waals surface area contributed by atoms with Gasteiger partial charge >= 0.3 is 6.03 Å². The minimum atomic E-state index is -0.715.